The first kappa shape index (κ1) is 16.3. The van der Waals surface area contributed by atoms with E-state index < -0.39 is 0 Å². The highest BCUT2D eigenvalue weighted by atomic mass is 16.6. The van der Waals surface area contributed by atoms with E-state index in [1.165, 1.54) is 0 Å². The molecule has 2 N–H and O–H groups in total. The molecular formula is C18H26N2O3. The Balaban J connectivity index is 1.32. The fraction of sp³-hybridized carbons (Fsp3) is 0.611. The first-order valence-corrected chi connectivity index (χ1v) is 8.53. The van der Waals surface area contributed by atoms with Gasteiger partial charge in [-0.15, -0.1) is 0 Å². The largest absolute Gasteiger partial charge is 0.445 e. The zero-order chi connectivity index (χ0) is 16.1. The number of carbonyl (C=O) groups is 1. The molecule has 5 heteroatoms. The lowest BCUT2D eigenvalue weighted by molar-refractivity contribution is -0.0340. The van der Waals surface area contributed by atoms with Crippen molar-refractivity contribution in [2.24, 2.45) is 11.7 Å². The lowest BCUT2D eigenvalue weighted by atomic mass is 9.90. The number of nitrogens with two attached hydrogens (primary N) is 1. The van der Waals surface area contributed by atoms with Gasteiger partial charge in [0.1, 0.15) is 6.61 Å². The fourth-order valence-corrected chi connectivity index (χ4v) is 3.11. The van der Waals surface area contributed by atoms with Crippen LogP contribution in [0, 0.1) is 5.92 Å². The van der Waals surface area contributed by atoms with Gasteiger partial charge >= 0.3 is 6.09 Å². The van der Waals surface area contributed by atoms with E-state index in [9.17, 15) is 4.79 Å². The number of amides is 1. The Bertz CT molecular complexity index is 494. The van der Waals surface area contributed by atoms with Crippen LogP contribution in [0.25, 0.3) is 0 Å². The Labute approximate surface area is 137 Å². The number of carbonyl (C=O) groups excluding carboxylic acids is 1. The molecule has 1 aliphatic heterocycles. The number of hydrogen-bond donors (Lipinski definition) is 1. The quantitative estimate of drug-likeness (QED) is 0.906. The molecule has 0 atom stereocenters. The first-order valence-electron chi connectivity index (χ1n) is 8.53. The van der Waals surface area contributed by atoms with Gasteiger partial charge in [0.05, 0.1) is 6.10 Å². The zero-order valence-corrected chi connectivity index (χ0v) is 13.5. The SMILES string of the molecule is N[C@H]1C[C@H](OCC2CCN(C(=O)OCc3ccccc3)CC2)C1. The van der Waals surface area contributed by atoms with E-state index in [1.807, 2.05) is 30.3 Å². The summed E-state index contributed by atoms with van der Waals surface area (Å²) >= 11 is 0. The lowest BCUT2D eigenvalue weighted by Gasteiger charge is -2.35. The third-order valence-electron chi connectivity index (χ3n) is 4.78. The monoisotopic (exact) mass is 318 g/mol. The Hall–Kier alpha value is -1.59. The summed E-state index contributed by atoms with van der Waals surface area (Å²) in [6.07, 6.45) is 4.10. The average Bonchev–Trinajstić information content (AvgIpc) is 2.57. The van der Waals surface area contributed by atoms with Crippen molar-refractivity contribution in [3.05, 3.63) is 35.9 Å². The lowest BCUT2D eigenvalue weighted by Crippen LogP contribution is -2.43. The van der Waals surface area contributed by atoms with Crippen LogP contribution in [0.4, 0.5) is 4.79 Å². The van der Waals surface area contributed by atoms with Crippen LogP contribution in [0.15, 0.2) is 30.3 Å². The van der Waals surface area contributed by atoms with Crippen LogP contribution in [0.5, 0.6) is 0 Å². The minimum absolute atomic E-state index is 0.210. The third-order valence-corrected chi connectivity index (χ3v) is 4.78. The minimum Gasteiger partial charge on any atom is -0.445 e. The number of hydrogen-bond acceptors (Lipinski definition) is 4. The summed E-state index contributed by atoms with van der Waals surface area (Å²) in [6, 6.07) is 10.1. The summed E-state index contributed by atoms with van der Waals surface area (Å²) in [6.45, 7) is 2.65. The van der Waals surface area contributed by atoms with Gasteiger partial charge in [-0.1, -0.05) is 30.3 Å². The fourth-order valence-electron chi connectivity index (χ4n) is 3.11. The Kier molecular flexibility index (Phi) is 5.51. The highest BCUT2D eigenvalue weighted by molar-refractivity contribution is 5.67. The molecule has 2 aliphatic rings. The van der Waals surface area contributed by atoms with Crippen molar-refractivity contribution in [2.75, 3.05) is 19.7 Å². The van der Waals surface area contributed by atoms with Crippen LogP contribution in [-0.2, 0) is 16.1 Å². The van der Waals surface area contributed by atoms with Gasteiger partial charge < -0.3 is 20.1 Å². The van der Waals surface area contributed by atoms with E-state index in [-0.39, 0.29) is 6.09 Å². The molecular weight excluding hydrogens is 292 g/mol. The first-order chi connectivity index (χ1) is 11.2. The second-order valence-corrected chi connectivity index (χ2v) is 6.66. The molecule has 0 radical (unpaired) electrons. The summed E-state index contributed by atoms with van der Waals surface area (Å²) in [5.41, 5.74) is 6.78. The van der Waals surface area contributed by atoms with E-state index in [0.717, 1.165) is 50.9 Å². The maximum absolute atomic E-state index is 12.1. The number of likely N-dealkylation sites (tertiary alicyclic amines) is 1. The summed E-state index contributed by atoms with van der Waals surface area (Å²) in [5.74, 6) is 0.546. The molecule has 0 aromatic heterocycles. The number of benzene rings is 1. The summed E-state index contributed by atoms with van der Waals surface area (Å²) in [5, 5.41) is 0. The van der Waals surface area contributed by atoms with E-state index in [0.29, 0.717) is 24.7 Å². The van der Waals surface area contributed by atoms with Gasteiger partial charge in [0, 0.05) is 25.7 Å². The van der Waals surface area contributed by atoms with Crippen molar-refractivity contribution < 1.29 is 14.3 Å². The maximum Gasteiger partial charge on any atom is 0.410 e. The molecule has 2 fully saturated rings. The molecule has 1 amide bonds. The molecule has 5 nitrogen and oxygen atoms in total. The van der Waals surface area contributed by atoms with Crippen molar-refractivity contribution in [3.8, 4) is 0 Å². The van der Waals surface area contributed by atoms with Crippen LogP contribution in [0.2, 0.25) is 0 Å². The summed E-state index contributed by atoms with van der Waals surface area (Å²) < 4.78 is 11.3. The van der Waals surface area contributed by atoms with Gasteiger partial charge in [0.2, 0.25) is 0 Å². The molecule has 1 aliphatic carbocycles. The standard InChI is InChI=1S/C18H26N2O3/c19-16-10-17(11-16)22-12-15-6-8-20(9-7-15)18(21)23-13-14-4-2-1-3-5-14/h1-5,15-17H,6-13,19H2/t16-,17-. The number of rotatable bonds is 5. The summed E-state index contributed by atoms with van der Waals surface area (Å²) in [7, 11) is 0. The van der Waals surface area contributed by atoms with Crippen molar-refractivity contribution in [1.29, 1.82) is 0 Å². The van der Waals surface area contributed by atoms with E-state index in [2.05, 4.69) is 0 Å². The van der Waals surface area contributed by atoms with Crippen LogP contribution < -0.4 is 5.73 Å². The van der Waals surface area contributed by atoms with Crippen LogP contribution in [-0.4, -0.2) is 42.8 Å². The van der Waals surface area contributed by atoms with Gasteiger partial charge in [-0.2, -0.15) is 0 Å². The van der Waals surface area contributed by atoms with E-state index >= 15 is 0 Å². The van der Waals surface area contributed by atoms with E-state index in [4.69, 9.17) is 15.2 Å². The third kappa shape index (κ3) is 4.69. The molecule has 3 rings (SSSR count). The minimum atomic E-state index is -0.210. The number of nitrogens with zero attached hydrogens (tertiary/aromatic N) is 1. The average molecular weight is 318 g/mol. The Morgan fingerprint density at radius 2 is 1.87 bits per heavy atom. The van der Waals surface area contributed by atoms with Gasteiger partial charge in [0.25, 0.3) is 0 Å². The van der Waals surface area contributed by atoms with Gasteiger partial charge in [-0.25, -0.2) is 4.79 Å². The van der Waals surface area contributed by atoms with Gasteiger partial charge in [-0.05, 0) is 37.2 Å². The number of ether oxygens (including phenoxy) is 2. The smallest absolute Gasteiger partial charge is 0.410 e. The molecule has 23 heavy (non-hydrogen) atoms. The van der Waals surface area contributed by atoms with Crippen molar-refractivity contribution in [2.45, 2.75) is 44.4 Å². The van der Waals surface area contributed by atoms with Crippen molar-refractivity contribution in [3.63, 3.8) is 0 Å². The molecule has 0 spiro atoms. The van der Waals surface area contributed by atoms with Crippen molar-refractivity contribution in [1.82, 2.24) is 4.90 Å². The topological polar surface area (TPSA) is 64.8 Å². The van der Waals surface area contributed by atoms with Crippen LogP contribution >= 0.6 is 0 Å². The molecule has 1 aromatic carbocycles. The molecule has 0 unspecified atom stereocenters. The number of piperidine rings is 1. The van der Waals surface area contributed by atoms with Gasteiger partial charge in [0.15, 0.2) is 0 Å². The predicted molar refractivity (Wildman–Crippen MR) is 87.9 cm³/mol. The molecule has 0 bridgehead atoms. The Morgan fingerprint density at radius 3 is 2.52 bits per heavy atom. The second kappa shape index (κ2) is 7.79. The van der Waals surface area contributed by atoms with Gasteiger partial charge in [-0.3, -0.25) is 0 Å². The molecule has 126 valence electrons. The Morgan fingerprint density at radius 1 is 1.17 bits per heavy atom. The predicted octanol–water partition coefficient (Wildman–Crippen LogP) is 2.54. The summed E-state index contributed by atoms with van der Waals surface area (Å²) in [4.78, 5) is 13.9. The highest BCUT2D eigenvalue weighted by Gasteiger charge is 2.29. The maximum atomic E-state index is 12.1. The highest BCUT2D eigenvalue weighted by Crippen LogP contribution is 2.24. The second-order valence-electron chi connectivity index (χ2n) is 6.66. The van der Waals surface area contributed by atoms with Crippen molar-refractivity contribution >= 4 is 6.09 Å². The molecule has 1 aromatic rings. The normalized spacial score (nSPS) is 25.0. The molecule has 1 saturated heterocycles. The molecule has 1 saturated carbocycles. The molecule has 1 heterocycles. The zero-order valence-electron chi connectivity index (χ0n) is 13.5. The van der Waals surface area contributed by atoms with E-state index in [1.54, 1.807) is 4.90 Å². The van der Waals surface area contributed by atoms with Crippen LogP contribution in [0.3, 0.4) is 0 Å². The van der Waals surface area contributed by atoms with Crippen LogP contribution in [0.1, 0.15) is 31.2 Å².